The highest BCUT2D eigenvalue weighted by molar-refractivity contribution is 5.92. The quantitative estimate of drug-likeness (QED) is 0.911. The number of nitrogens with zero attached hydrogens (tertiary/aromatic N) is 1. The average Bonchev–Trinajstić information content (AvgIpc) is 3.24. The molecule has 4 rings (SSSR count). The number of aromatic nitrogens is 1. The molecule has 1 amide bonds. The Labute approximate surface area is 126 Å². The first-order valence-corrected chi connectivity index (χ1v) is 7.47. The minimum atomic E-state index is -0.423. The van der Waals surface area contributed by atoms with Gasteiger partial charge >= 0.3 is 0 Å². The van der Waals surface area contributed by atoms with Crippen molar-refractivity contribution in [3.05, 3.63) is 42.2 Å². The van der Waals surface area contributed by atoms with Crippen LogP contribution in [-0.2, 0) is 0 Å². The summed E-state index contributed by atoms with van der Waals surface area (Å²) in [6.07, 6.45) is 6.00. The van der Waals surface area contributed by atoms with E-state index in [9.17, 15) is 9.18 Å². The lowest BCUT2D eigenvalue weighted by molar-refractivity contribution is 0.0903. The Kier molecular flexibility index (Phi) is 3.18. The smallest absolute Gasteiger partial charge is 0.287 e. The first-order chi connectivity index (χ1) is 10.7. The first kappa shape index (κ1) is 13.5. The van der Waals surface area contributed by atoms with Crippen molar-refractivity contribution < 1.29 is 13.6 Å². The van der Waals surface area contributed by atoms with E-state index in [-0.39, 0.29) is 23.3 Å². The molecule has 2 N–H and O–H groups in total. The lowest BCUT2D eigenvalue weighted by atomic mass is 9.95. The number of fused-ring (bicyclic) bond motifs is 2. The van der Waals surface area contributed by atoms with Crippen LogP contribution < -0.4 is 10.6 Å². The Bertz CT molecular complexity index is 715. The van der Waals surface area contributed by atoms with Gasteiger partial charge in [0.25, 0.3) is 5.91 Å². The number of nitrogens with one attached hydrogen (secondary N) is 2. The third-order valence-electron chi connectivity index (χ3n) is 4.48. The molecule has 4 heterocycles. The highest BCUT2D eigenvalue weighted by atomic mass is 19.1. The van der Waals surface area contributed by atoms with E-state index in [4.69, 9.17) is 4.42 Å². The summed E-state index contributed by atoms with van der Waals surface area (Å²) in [7, 11) is 0. The van der Waals surface area contributed by atoms with Crippen LogP contribution in [0.1, 0.15) is 29.8 Å². The molecule has 0 spiro atoms. The molecule has 2 bridgehead atoms. The molecule has 2 aliphatic rings. The molecule has 2 aliphatic heterocycles. The molecule has 0 aromatic carbocycles. The molecule has 2 aromatic rings. The van der Waals surface area contributed by atoms with Gasteiger partial charge in [-0.3, -0.25) is 9.78 Å². The summed E-state index contributed by atoms with van der Waals surface area (Å²) in [5.41, 5.74) is 0.253. The number of carbonyl (C=O) groups excluding carboxylic acids is 1. The van der Waals surface area contributed by atoms with Crippen LogP contribution in [0.5, 0.6) is 0 Å². The van der Waals surface area contributed by atoms with Crippen molar-refractivity contribution in [1.82, 2.24) is 15.6 Å². The summed E-state index contributed by atoms with van der Waals surface area (Å²) in [6, 6.07) is 5.45. The van der Waals surface area contributed by atoms with E-state index in [2.05, 4.69) is 15.6 Å². The standard InChI is InChI=1S/C16H16FN3O2/c17-11-5-6-18-8-10(11)14-3-4-15(22-14)16(21)20-13-7-9-1-2-12(13)19-9/h3-6,8-9,12-13,19H,1-2,7H2,(H,20,21). The van der Waals surface area contributed by atoms with Crippen molar-refractivity contribution in [2.75, 3.05) is 0 Å². The van der Waals surface area contributed by atoms with Gasteiger partial charge in [0.15, 0.2) is 5.76 Å². The van der Waals surface area contributed by atoms with Gasteiger partial charge < -0.3 is 15.1 Å². The molecular weight excluding hydrogens is 285 g/mol. The number of pyridine rings is 1. The molecule has 114 valence electrons. The summed E-state index contributed by atoms with van der Waals surface area (Å²) >= 11 is 0. The van der Waals surface area contributed by atoms with Gasteiger partial charge in [0, 0.05) is 30.5 Å². The van der Waals surface area contributed by atoms with Gasteiger partial charge in [0.05, 0.1) is 5.56 Å². The van der Waals surface area contributed by atoms with Crippen LogP contribution in [0.4, 0.5) is 4.39 Å². The van der Waals surface area contributed by atoms with E-state index in [1.165, 1.54) is 24.9 Å². The summed E-state index contributed by atoms with van der Waals surface area (Å²) in [5, 5.41) is 6.47. The van der Waals surface area contributed by atoms with Crippen LogP contribution in [0.2, 0.25) is 0 Å². The van der Waals surface area contributed by atoms with E-state index >= 15 is 0 Å². The van der Waals surface area contributed by atoms with Crippen molar-refractivity contribution in [2.45, 2.75) is 37.4 Å². The Balaban J connectivity index is 1.49. The fourth-order valence-corrected chi connectivity index (χ4v) is 3.39. The molecule has 0 radical (unpaired) electrons. The second-order valence-electron chi connectivity index (χ2n) is 5.88. The van der Waals surface area contributed by atoms with Crippen LogP contribution in [0.25, 0.3) is 11.3 Å². The maximum Gasteiger partial charge on any atom is 0.287 e. The Morgan fingerprint density at radius 3 is 3.00 bits per heavy atom. The van der Waals surface area contributed by atoms with E-state index in [1.54, 1.807) is 12.1 Å². The normalized spacial score (nSPS) is 26.3. The SMILES string of the molecule is O=C(NC1CC2CCC1N2)c1ccc(-c2cnccc2F)o1. The zero-order valence-electron chi connectivity index (χ0n) is 11.9. The number of rotatable bonds is 3. The number of carbonyl (C=O) groups is 1. The fraction of sp³-hybridized carbons (Fsp3) is 0.375. The monoisotopic (exact) mass is 301 g/mol. The number of hydrogen-bond acceptors (Lipinski definition) is 4. The third kappa shape index (κ3) is 2.29. The largest absolute Gasteiger partial charge is 0.451 e. The maximum absolute atomic E-state index is 13.7. The molecule has 2 aromatic heterocycles. The van der Waals surface area contributed by atoms with Crippen LogP contribution in [0, 0.1) is 5.82 Å². The highest BCUT2D eigenvalue weighted by Crippen LogP contribution is 2.29. The van der Waals surface area contributed by atoms with Gasteiger partial charge in [-0.05, 0) is 37.5 Å². The molecule has 0 aliphatic carbocycles. The second kappa shape index (κ2) is 5.21. The van der Waals surface area contributed by atoms with E-state index < -0.39 is 5.82 Å². The van der Waals surface area contributed by atoms with Crippen LogP contribution in [-0.4, -0.2) is 29.0 Å². The first-order valence-electron chi connectivity index (χ1n) is 7.47. The van der Waals surface area contributed by atoms with Gasteiger partial charge in [0.2, 0.25) is 0 Å². The number of amides is 1. The zero-order valence-corrected chi connectivity index (χ0v) is 11.9. The van der Waals surface area contributed by atoms with Gasteiger partial charge in [-0.15, -0.1) is 0 Å². The third-order valence-corrected chi connectivity index (χ3v) is 4.48. The number of hydrogen-bond donors (Lipinski definition) is 2. The summed E-state index contributed by atoms with van der Waals surface area (Å²) < 4.78 is 19.2. The maximum atomic E-state index is 13.7. The number of furan rings is 1. The molecule has 6 heteroatoms. The molecular formula is C16H16FN3O2. The van der Waals surface area contributed by atoms with E-state index in [0.717, 1.165) is 12.8 Å². The molecule has 2 saturated heterocycles. The lowest BCUT2D eigenvalue weighted by Gasteiger charge is -2.20. The predicted molar refractivity (Wildman–Crippen MR) is 77.7 cm³/mol. The Morgan fingerprint density at radius 2 is 2.27 bits per heavy atom. The van der Waals surface area contributed by atoms with E-state index in [1.807, 2.05) is 0 Å². The molecule has 5 nitrogen and oxygen atoms in total. The minimum absolute atomic E-state index is 0.148. The minimum Gasteiger partial charge on any atom is -0.451 e. The van der Waals surface area contributed by atoms with Crippen LogP contribution in [0.15, 0.2) is 35.0 Å². The molecule has 22 heavy (non-hydrogen) atoms. The van der Waals surface area contributed by atoms with Crippen molar-refractivity contribution >= 4 is 5.91 Å². The van der Waals surface area contributed by atoms with Gasteiger partial charge in [-0.25, -0.2) is 4.39 Å². The van der Waals surface area contributed by atoms with E-state index in [0.29, 0.717) is 17.8 Å². The van der Waals surface area contributed by atoms with Crippen LogP contribution >= 0.6 is 0 Å². The lowest BCUT2D eigenvalue weighted by Crippen LogP contribution is -2.42. The van der Waals surface area contributed by atoms with Crippen LogP contribution in [0.3, 0.4) is 0 Å². The fourth-order valence-electron chi connectivity index (χ4n) is 3.39. The zero-order chi connectivity index (χ0) is 15.1. The Morgan fingerprint density at radius 1 is 1.36 bits per heavy atom. The molecule has 0 saturated carbocycles. The molecule has 2 fully saturated rings. The number of halogens is 1. The Hall–Kier alpha value is -2.21. The van der Waals surface area contributed by atoms with Gasteiger partial charge in [-0.1, -0.05) is 0 Å². The van der Waals surface area contributed by atoms with Gasteiger partial charge in [-0.2, -0.15) is 0 Å². The predicted octanol–water partition coefficient (Wildman–Crippen LogP) is 2.10. The van der Waals surface area contributed by atoms with Crippen molar-refractivity contribution in [3.8, 4) is 11.3 Å². The second-order valence-corrected chi connectivity index (χ2v) is 5.88. The van der Waals surface area contributed by atoms with Crippen molar-refractivity contribution in [2.24, 2.45) is 0 Å². The summed E-state index contributed by atoms with van der Waals surface area (Å²) in [6.45, 7) is 0. The summed E-state index contributed by atoms with van der Waals surface area (Å²) in [4.78, 5) is 16.1. The average molecular weight is 301 g/mol. The molecule has 3 unspecified atom stereocenters. The van der Waals surface area contributed by atoms with Gasteiger partial charge in [0.1, 0.15) is 11.6 Å². The molecule has 3 atom stereocenters. The highest BCUT2D eigenvalue weighted by Gasteiger charge is 2.39. The topological polar surface area (TPSA) is 67.2 Å². The summed E-state index contributed by atoms with van der Waals surface area (Å²) in [5.74, 6) is -0.175. The van der Waals surface area contributed by atoms with Crippen molar-refractivity contribution in [1.29, 1.82) is 0 Å². The van der Waals surface area contributed by atoms with Crippen molar-refractivity contribution in [3.63, 3.8) is 0 Å².